The number of rotatable bonds is 6. The first-order valence-electron chi connectivity index (χ1n) is 10.1. The van der Waals surface area contributed by atoms with Crippen LogP contribution in [0.25, 0.3) is 17.1 Å². The van der Waals surface area contributed by atoms with Crippen LogP contribution in [0.2, 0.25) is 0 Å². The van der Waals surface area contributed by atoms with E-state index >= 15 is 0 Å². The Hall–Kier alpha value is -3.71. The van der Waals surface area contributed by atoms with Crippen LogP contribution in [0.5, 0.6) is 0 Å². The number of carbonyl (C=O) groups excluding carboxylic acids is 2. The van der Waals surface area contributed by atoms with Gasteiger partial charge in [0.15, 0.2) is 11.0 Å². The molecule has 0 aliphatic carbocycles. The third kappa shape index (κ3) is 4.95. The van der Waals surface area contributed by atoms with Gasteiger partial charge in [0.1, 0.15) is 0 Å². The summed E-state index contributed by atoms with van der Waals surface area (Å²) in [5.41, 5.74) is 4.57. The molecule has 1 N–H and O–H groups in total. The standard InChI is InChI=1S/C25H22N4O2S/c1-17-8-12-19(13-9-17)23-27-28-25(29(23)21-14-10-18(2)11-15-21)32-16-22(30)26-24(31)20-6-4-3-5-7-20/h3-15H,16H2,1-2H3,(H,26,30,31). The number of aromatic nitrogens is 3. The quantitative estimate of drug-likeness (QED) is 0.442. The molecule has 0 aliphatic rings. The van der Waals surface area contributed by atoms with Gasteiger partial charge in [-0.3, -0.25) is 19.5 Å². The number of carbonyl (C=O) groups is 2. The average molecular weight is 443 g/mol. The van der Waals surface area contributed by atoms with Crippen LogP contribution in [-0.2, 0) is 4.79 Å². The molecule has 6 nitrogen and oxygen atoms in total. The molecule has 7 heteroatoms. The number of imide groups is 1. The highest BCUT2D eigenvalue weighted by Crippen LogP contribution is 2.28. The molecule has 160 valence electrons. The van der Waals surface area contributed by atoms with Gasteiger partial charge in [-0.05, 0) is 38.1 Å². The summed E-state index contributed by atoms with van der Waals surface area (Å²) in [5, 5.41) is 11.7. The van der Waals surface area contributed by atoms with Gasteiger partial charge >= 0.3 is 0 Å². The Balaban J connectivity index is 1.57. The summed E-state index contributed by atoms with van der Waals surface area (Å²) < 4.78 is 1.93. The van der Waals surface area contributed by atoms with Gasteiger partial charge in [0.05, 0.1) is 5.75 Å². The van der Waals surface area contributed by atoms with Crippen molar-refractivity contribution in [2.24, 2.45) is 0 Å². The van der Waals surface area contributed by atoms with Gasteiger partial charge in [-0.2, -0.15) is 0 Å². The van der Waals surface area contributed by atoms with Gasteiger partial charge < -0.3 is 0 Å². The summed E-state index contributed by atoms with van der Waals surface area (Å²) in [6, 6.07) is 24.8. The molecule has 4 rings (SSSR count). The third-order valence-corrected chi connectivity index (χ3v) is 5.79. The van der Waals surface area contributed by atoms with E-state index < -0.39 is 5.91 Å². The number of aryl methyl sites for hydroxylation is 2. The average Bonchev–Trinajstić information content (AvgIpc) is 3.23. The fourth-order valence-corrected chi connectivity index (χ4v) is 3.89. The third-order valence-electron chi connectivity index (χ3n) is 4.86. The van der Waals surface area contributed by atoms with E-state index in [-0.39, 0.29) is 11.7 Å². The van der Waals surface area contributed by atoms with Crippen LogP contribution in [0.3, 0.4) is 0 Å². The second kappa shape index (κ2) is 9.62. The number of thioether (sulfide) groups is 1. The summed E-state index contributed by atoms with van der Waals surface area (Å²) in [6.07, 6.45) is 0. The molecular formula is C25H22N4O2S. The monoisotopic (exact) mass is 442 g/mol. The molecule has 3 aromatic carbocycles. The predicted molar refractivity (Wildman–Crippen MR) is 126 cm³/mol. The molecule has 0 unspecified atom stereocenters. The predicted octanol–water partition coefficient (Wildman–Crippen LogP) is 4.60. The Labute approximate surface area is 190 Å². The number of hydrogen-bond donors (Lipinski definition) is 1. The van der Waals surface area contributed by atoms with E-state index in [4.69, 9.17) is 0 Å². The van der Waals surface area contributed by atoms with E-state index in [0.717, 1.165) is 22.4 Å². The normalized spacial score (nSPS) is 10.7. The molecule has 1 aromatic heterocycles. The Kier molecular flexibility index (Phi) is 6.47. The molecule has 1 heterocycles. The zero-order valence-corrected chi connectivity index (χ0v) is 18.6. The van der Waals surface area contributed by atoms with E-state index in [1.54, 1.807) is 24.3 Å². The van der Waals surface area contributed by atoms with Crippen LogP contribution in [0.4, 0.5) is 0 Å². The smallest absolute Gasteiger partial charge is 0.257 e. The number of nitrogens with one attached hydrogen (secondary N) is 1. The van der Waals surface area contributed by atoms with E-state index in [1.807, 2.05) is 73.0 Å². The molecule has 0 bridgehead atoms. The molecule has 0 aliphatic heterocycles. The number of amides is 2. The molecule has 0 radical (unpaired) electrons. The fourth-order valence-electron chi connectivity index (χ4n) is 3.13. The second-order valence-corrected chi connectivity index (χ2v) is 8.32. The van der Waals surface area contributed by atoms with E-state index in [1.165, 1.54) is 11.8 Å². The van der Waals surface area contributed by atoms with Crippen LogP contribution in [-0.4, -0.2) is 32.3 Å². The first-order valence-corrected chi connectivity index (χ1v) is 11.1. The van der Waals surface area contributed by atoms with Crippen molar-refractivity contribution in [2.75, 3.05) is 5.75 Å². The van der Waals surface area contributed by atoms with Crippen molar-refractivity contribution in [3.63, 3.8) is 0 Å². The van der Waals surface area contributed by atoms with Crippen LogP contribution < -0.4 is 5.32 Å². The van der Waals surface area contributed by atoms with Crippen molar-refractivity contribution in [3.05, 3.63) is 95.6 Å². The lowest BCUT2D eigenvalue weighted by atomic mass is 10.1. The van der Waals surface area contributed by atoms with E-state index in [2.05, 4.69) is 15.5 Å². The molecule has 0 atom stereocenters. The maximum absolute atomic E-state index is 12.4. The van der Waals surface area contributed by atoms with Crippen molar-refractivity contribution in [1.82, 2.24) is 20.1 Å². The summed E-state index contributed by atoms with van der Waals surface area (Å²) in [5.74, 6) is -0.0796. The van der Waals surface area contributed by atoms with Gasteiger partial charge in [0, 0.05) is 16.8 Å². The second-order valence-electron chi connectivity index (χ2n) is 7.38. The Morgan fingerprint density at radius 2 is 1.47 bits per heavy atom. The van der Waals surface area contributed by atoms with Crippen LogP contribution in [0.1, 0.15) is 21.5 Å². The summed E-state index contributed by atoms with van der Waals surface area (Å²) in [6.45, 7) is 4.06. The molecule has 4 aromatic rings. The van der Waals surface area contributed by atoms with Crippen LogP contribution >= 0.6 is 11.8 Å². The maximum atomic E-state index is 12.4. The lowest BCUT2D eigenvalue weighted by molar-refractivity contribution is -0.117. The zero-order chi connectivity index (χ0) is 22.5. The van der Waals surface area contributed by atoms with Crippen molar-refractivity contribution in [1.29, 1.82) is 0 Å². The zero-order valence-electron chi connectivity index (χ0n) is 17.8. The van der Waals surface area contributed by atoms with Crippen LogP contribution in [0, 0.1) is 13.8 Å². The molecule has 0 saturated heterocycles. The Morgan fingerprint density at radius 3 is 2.12 bits per heavy atom. The molecule has 32 heavy (non-hydrogen) atoms. The van der Waals surface area contributed by atoms with Crippen molar-refractivity contribution >= 4 is 23.6 Å². The highest BCUT2D eigenvalue weighted by molar-refractivity contribution is 7.99. The minimum absolute atomic E-state index is 0.0382. The Morgan fingerprint density at radius 1 is 0.844 bits per heavy atom. The highest BCUT2D eigenvalue weighted by atomic mass is 32.2. The Bertz CT molecular complexity index is 1230. The van der Waals surface area contributed by atoms with E-state index in [9.17, 15) is 9.59 Å². The van der Waals surface area contributed by atoms with Crippen molar-refractivity contribution in [2.45, 2.75) is 19.0 Å². The van der Waals surface area contributed by atoms with E-state index in [0.29, 0.717) is 16.5 Å². The summed E-state index contributed by atoms with van der Waals surface area (Å²) >= 11 is 1.24. The first kappa shape index (κ1) is 21.5. The number of hydrogen-bond acceptors (Lipinski definition) is 5. The van der Waals surface area contributed by atoms with Crippen molar-refractivity contribution < 1.29 is 9.59 Å². The van der Waals surface area contributed by atoms with Gasteiger partial charge in [-0.15, -0.1) is 10.2 Å². The number of benzene rings is 3. The maximum Gasteiger partial charge on any atom is 0.257 e. The van der Waals surface area contributed by atoms with Gasteiger partial charge in [-0.1, -0.05) is 77.5 Å². The SMILES string of the molecule is Cc1ccc(-c2nnc(SCC(=O)NC(=O)c3ccccc3)n2-c2ccc(C)cc2)cc1. The summed E-state index contributed by atoms with van der Waals surface area (Å²) in [7, 11) is 0. The molecule has 0 fully saturated rings. The molecule has 2 amide bonds. The summed E-state index contributed by atoms with van der Waals surface area (Å²) in [4.78, 5) is 24.6. The topological polar surface area (TPSA) is 76.9 Å². The largest absolute Gasteiger partial charge is 0.292 e. The fraction of sp³-hybridized carbons (Fsp3) is 0.120. The van der Waals surface area contributed by atoms with Gasteiger partial charge in [-0.25, -0.2) is 0 Å². The molecule has 0 saturated carbocycles. The first-order chi connectivity index (χ1) is 15.5. The minimum atomic E-state index is -0.420. The number of nitrogens with zero attached hydrogens (tertiary/aromatic N) is 3. The van der Waals surface area contributed by atoms with Gasteiger partial charge in [0.2, 0.25) is 5.91 Å². The molecular weight excluding hydrogens is 420 g/mol. The minimum Gasteiger partial charge on any atom is -0.292 e. The molecule has 0 spiro atoms. The lowest BCUT2D eigenvalue weighted by Gasteiger charge is -2.11. The van der Waals surface area contributed by atoms with Crippen LogP contribution in [0.15, 0.2) is 84.0 Å². The lowest BCUT2D eigenvalue weighted by Crippen LogP contribution is -2.31. The van der Waals surface area contributed by atoms with Gasteiger partial charge in [0.25, 0.3) is 5.91 Å². The van der Waals surface area contributed by atoms with Crippen molar-refractivity contribution in [3.8, 4) is 17.1 Å². The highest BCUT2D eigenvalue weighted by Gasteiger charge is 2.18.